The number of carboxylic acid groups (broad SMARTS) is 4. The van der Waals surface area contributed by atoms with E-state index < -0.39 is 23.9 Å². The van der Waals surface area contributed by atoms with Gasteiger partial charge in [0, 0.05) is 62.9 Å². The molecule has 1 aromatic carbocycles. The predicted molar refractivity (Wildman–Crippen MR) is 155 cm³/mol. The summed E-state index contributed by atoms with van der Waals surface area (Å²) in [6, 6.07) is 10.2. The third-order valence-electron chi connectivity index (χ3n) is 5.58. The average molecular weight is 601 g/mol. The first-order valence-corrected chi connectivity index (χ1v) is 13.5. The number of hydrogen-bond acceptors (Lipinski definition) is 11. The molecule has 0 spiro atoms. The van der Waals surface area contributed by atoms with Crippen LogP contribution in [0, 0.1) is 0 Å². The molecule has 3 heterocycles. The van der Waals surface area contributed by atoms with Gasteiger partial charge in [-0.3, -0.25) is 4.90 Å². The van der Waals surface area contributed by atoms with Gasteiger partial charge in [0.2, 0.25) is 5.95 Å². The second-order valence-corrected chi connectivity index (χ2v) is 9.74. The summed E-state index contributed by atoms with van der Waals surface area (Å²) in [7, 11) is 0. The van der Waals surface area contributed by atoms with Crippen LogP contribution in [0.1, 0.15) is 17.8 Å². The van der Waals surface area contributed by atoms with E-state index in [-0.39, 0.29) is 6.17 Å². The SMILES string of the molecule is NC(CCCc1nc2ccccc2s1)N1CCN(c2ncccn2)CC1.O=C(O)C=CC(=O)O.O=C(O)C=CC(=O)O. The Morgan fingerprint density at radius 2 is 1.36 bits per heavy atom. The van der Waals surface area contributed by atoms with Gasteiger partial charge >= 0.3 is 23.9 Å². The first-order valence-electron chi connectivity index (χ1n) is 12.7. The third kappa shape index (κ3) is 13.1. The summed E-state index contributed by atoms with van der Waals surface area (Å²) in [5, 5.41) is 32.5. The highest BCUT2D eigenvalue weighted by molar-refractivity contribution is 7.18. The molecule has 3 aromatic rings. The van der Waals surface area contributed by atoms with Crippen molar-refractivity contribution in [3.05, 3.63) is 72.0 Å². The summed E-state index contributed by atoms with van der Waals surface area (Å²) in [4.78, 5) is 56.2. The summed E-state index contributed by atoms with van der Waals surface area (Å²) in [5.74, 6) is -4.21. The van der Waals surface area contributed by atoms with Crippen molar-refractivity contribution in [1.29, 1.82) is 0 Å². The zero-order chi connectivity index (χ0) is 30.9. The molecule has 0 radical (unpaired) electrons. The topological polar surface area (TPSA) is 220 Å². The molecule has 0 bridgehead atoms. The maximum absolute atomic E-state index is 9.55. The minimum Gasteiger partial charge on any atom is -0.478 e. The predicted octanol–water partition coefficient (Wildman–Crippen LogP) is 1.94. The average Bonchev–Trinajstić information content (AvgIpc) is 3.39. The number of aliphatic carboxylic acids is 4. The van der Waals surface area contributed by atoms with E-state index in [2.05, 4.69) is 38.0 Å². The molecule has 15 heteroatoms. The maximum atomic E-state index is 9.55. The molecule has 1 saturated heterocycles. The lowest BCUT2D eigenvalue weighted by atomic mass is 10.2. The van der Waals surface area contributed by atoms with Gasteiger partial charge in [-0.25, -0.2) is 34.1 Å². The highest BCUT2D eigenvalue weighted by atomic mass is 32.1. The van der Waals surface area contributed by atoms with Gasteiger partial charge in [0.1, 0.15) is 0 Å². The molecule has 1 fully saturated rings. The zero-order valence-electron chi connectivity index (χ0n) is 22.5. The summed E-state index contributed by atoms with van der Waals surface area (Å²) < 4.78 is 1.27. The van der Waals surface area contributed by atoms with Gasteiger partial charge in [-0.2, -0.15) is 0 Å². The molecule has 0 aliphatic carbocycles. The van der Waals surface area contributed by atoms with Crippen molar-refractivity contribution in [3.63, 3.8) is 0 Å². The lowest BCUT2D eigenvalue weighted by Gasteiger charge is -2.37. The van der Waals surface area contributed by atoms with Crippen LogP contribution < -0.4 is 10.6 Å². The Labute approximate surface area is 245 Å². The van der Waals surface area contributed by atoms with Crippen LogP contribution in [0.15, 0.2) is 67.0 Å². The van der Waals surface area contributed by atoms with Crippen LogP contribution in [0.25, 0.3) is 10.2 Å². The molecule has 14 nitrogen and oxygen atoms in total. The number of nitrogens with zero attached hydrogens (tertiary/aromatic N) is 5. The summed E-state index contributed by atoms with van der Waals surface area (Å²) in [6.45, 7) is 3.77. The zero-order valence-corrected chi connectivity index (χ0v) is 23.3. The van der Waals surface area contributed by atoms with Gasteiger partial charge < -0.3 is 31.1 Å². The molecular weight excluding hydrogens is 568 g/mol. The number of carboxylic acids is 4. The largest absolute Gasteiger partial charge is 0.478 e. The molecular formula is C27H32N6O8S. The first kappa shape index (κ1) is 33.5. The number of aromatic nitrogens is 3. The van der Waals surface area contributed by atoms with Gasteiger partial charge in [0.15, 0.2) is 0 Å². The minimum absolute atomic E-state index is 0.114. The number of carbonyl (C=O) groups is 4. The second-order valence-electron chi connectivity index (χ2n) is 8.63. The molecule has 0 amide bonds. The fraction of sp³-hybridized carbons (Fsp3) is 0.296. The Hall–Kier alpha value is -4.73. The van der Waals surface area contributed by atoms with Crippen molar-refractivity contribution in [2.45, 2.75) is 25.4 Å². The Kier molecular flexibility index (Phi) is 14.2. The fourth-order valence-corrected chi connectivity index (χ4v) is 4.67. The molecule has 4 rings (SSSR count). The first-order chi connectivity index (χ1) is 20.0. The Balaban J connectivity index is 0.000000319. The number of aryl methyl sites for hydroxylation is 1. The standard InChI is InChI=1S/C19H24N6S.2C4H4O4/c20-17(7-3-8-18-23-15-5-1-2-6-16(15)26-18)24-11-13-25(14-12-24)19-21-9-4-10-22-19;2*5-3(6)1-2-4(7)8/h1-2,4-6,9-10,17H,3,7-8,11-14,20H2;2*1-2H,(H,5,6)(H,7,8). The second kappa shape index (κ2) is 17.9. The van der Waals surface area contributed by atoms with Crippen LogP contribution in [0.5, 0.6) is 0 Å². The smallest absolute Gasteiger partial charge is 0.328 e. The molecule has 6 N–H and O–H groups in total. The number of nitrogens with two attached hydrogens (primary N) is 1. The fourth-order valence-electron chi connectivity index (χ4n) is 3.67. The lowest BCUT2D eigenvalue weighted by molar-refractivity contribution is -0.134. The van der Waals surface area contributed by atoms with Crippen molar-refractivity contribution in [2.75, 3.05) is 31.1 Å². The minimum atomic E-state index is -1.26. The maximum Gasteiger partial charge on any atom is 0.328 e. The van der Waals surface area contributed by atoms with Crippen molar-refractivity contribution in [1.82, 2.24) is 19.9 Å². The van der Waals surface area contributed by atoms with Crippen LogP contribution in [-0.4, -0.2) is 96.5 Å². The monoisotopic (exact) mass is 600 g/mol. The molecule has 1 aliphatic rings. The summed E-state index contributed by atoms with van der Waals surface area (Å²) in [6.07, 6.45) is 9.01. The Morgan fingerprint density at radius 1 is 0.833 bits per heavy atom. The number of rotatable bonds is 10. The van der Waals surface area contributed by atoms with Crippen LogP contribution in [0.4, 0.5) is 5.95 Å². The third-order valence-corrected chi connectivity index (χ3v) is 6.68. The van der Waals surface area contributed by atoms with Crippen molar-refractivity contribution >= 4 is 51.4 Å². The van der Waals surface area contributed by atoms with E-state index in [4.69, 9.17) is 31.1 Å². The molecule has 1 atom stereocenters. The van der Waals surface area contributed by atoms with E-state index in [1.807, 2.05) is 12.1 Å². The number of para-hydroxylation sites is 1. The van der Waals surface area contributed by atoms with E-state index in [1.54, 1.807) is 23.7 Å². The van der Waals surface area contributed by atoms with E-state index in [0.717, 1.165) is 56.9 Å². The number of hydrogen-bond donors (Lipinski definition) is 5. The lowest BCUT2D eigenvalue weighted by Crippen LogP contribution is -2.53. The number of anilines is 1. The van der Waals surface area contributed by atoms with Gasteiger partial charge in [0.05, 0.1) is 21.4 Å². The van der Waals surface area contributed by atoms with Crippen LogP contribution >= 0.6 is 11.3 Å². The molecule has 224 valence electrons. The summed E-state index contributed by atoms with van der Waals surface area (Å²) >= 11 is 1.80. The highest BCUT2D eigenvalue weighted by Crippen LogP contribution is 2.23. The summed E-state index contributed by atoms with van der Waals surface area (Å²) in [5.41, 5.74) is 7.54. The van der Waals surface area contributed by atoms with Crippen LogP contribution in [-0.2, 0) is 25.6 Å². The molecule has 1 unspecified atom stereocenters. The van der Waals surface area contributed by atoms with Crippen molar-refractivity contribution in [2.24, 2.45) is 5.73 Å². The van der Waals surface area contributed by atoms with Crippen molar-refractivity contribution in [3.8, 4) is 0 Å². The van der Waals surface area contributed by atoms with Gasteiger partial charge in [-0.15, -0.1) is 11.3 Å². The Bertz CT molecular complexity index is 1270. The molecule has 1 aliphatic heterocycles. The number of piperazine rings is 1. The van der Waals surface area contributed by atoms with Gasteiger partial charge in [0.25, 0.3) is 0 Å². The van der Waals surface area contributed by atoms with E-state index in [1.165, 1.54) is 9.71 Å². The molecule has 42 heavy (non-hydrogen) atoms. The molecule has 2 aromatic heterocycles. The van der Waals surface area contributed by atoms with Gasteiger partial charge in [-0.1, -0.05) is 12.1 Å². The molecule has 0 saturated carbocycles. The number of thiazole rings is 1. The van der Waals surface area contributed by atoms with Gasteiger partial charge in [-0.05, 0) is 37.5 Å². The quantitative estimate of drug-likeness (QED) is 0.210. The normalized spacial score (nSPS) is 14.1. The highest BCUT2D eigenvalue weighted by Gasteiger charge is 2.22. The number of fused-ring (bicyclic) bond motifs is 1. The van der Waals surface area contributed by atoms with E-state index in [9.17, 15) is 19.2 Å². The van der Waals surface area contributed by atoms with Crippen LogP contribution in [0.3, 0.4) is 0 Å². The van der Waals surface area contributed by atoms with Crippen LogP contribution in [0.2, 0.25) is 0 Å². The number of benzene rings is 1. The Morgan fingerprint density at radius 3 is 1.86 bits per heavy atom. The van der Waals surface area contributed by atoms with E-state index in [0.29, 0.717) is 24.3 Å². The van der Waals surface area contributed by atoms with Crippen molar-refractivity contribution < 1.29 is 39.6 Å². The van der Waals surface area contributed by atoms with E-state index >= 15 is 0 Å².